The third kappa shape index (κ3) is 29.1. The Bertz CT molecular complexity index is 5560. The molecule has 47 heteroatoms. The van der Waals surface area contributed by atoms with E-state index >= 15 is 0 Å². The molecular formula is C79H95N21O26. The Morgan fingerprint density at radius 2 is 0.341 bits per heavy atom. The molecule has 0 aliphatic heterocycles. The summed E-state index contributed by atoms with van der Waals surface area (Å²) < 4.78 is 2.54. The minimum Gasteiger partial charge on any atom is -0.425 e. The first kappa shape index (κ1) is 97.1. The van der Waals surface area contributed by atoms with Crippen LogP contribution < -0.4 is 97.9 Å². The maximum Gasteiger partial charge on any atom is 0.283 e. The second-order valence-corrected chi connectivity index (χ2v) is 27.1. The van der Waals surface area contributed by atoms with Gasteiger partial charge >= 0.3 is 0 Å². The quantitative estimate of drug-likeness (QED) is 0.0130. The minimum absolute atomic E-state index is 0.0951. The molecule has 47 nitrogen and oxygen atoms in total. The van der Waals surface area contributed by atoms with Crippen molar-refractivity contribution in [2.24, 2.45) is 0 Å². The third-order valence-corrected chi connectivity index (χ3v) is 18.4. The highest BCUT2D eigenvalue weighted by atomic mass is 16.5. The molecule has 0 spiro atoms. The first-order valence-electron chi connectivity index (χ1n) is 38.9. The molecule has 18 N–H and O–H groups in total. The molecule has 0 unspecified atom stereocenters. The molecule has 9 aromatic heterocycles. The van der Waals surface area contributed by atoms with Crippen molar-refractivity contribution in [2.45, 2.75) is 38.5 Å². The van der Waals surface area contributed by atoms with Gasteiger partial charge in [0.05, 0.1) is 5.70 Å². The number of carbonyl (C=O) groups is 8. The van der Waals surface area contributed by atoms with Gasteiger partial charge in [-0.25, -0.2) is 0 Å². The molecule has 0 bridgehead atoms. The van der Waals surface area contributed by atoms with Crippen molar-refractivity contribution in [2.75, 3.05) is 118 Å². The van der Waals surface area contributed by atoms with Crippen LogP contribution in [0.25, 0.3) is 5.70 Å². The van der Waals surface area contributed by atoms with E-state index in [1.54, 1.807) is 6.07 Å². The highest BCUT2D eigenvalue weighted by Crippen LogP contribution is 2.08. The van der Waals surface area contributed by atoms with Crippen LogP contribution >= 0.6 is 0 Å². The van der Waals surface area contributed by atoms with E-state index in [0.717, 1.165) is 48.5 Å². The normalized spacial score (nSPS) is 10.8. The Kier molecular flexibility index (Phi) is 37.7. The molecule has 672 valence electrons. The average molecular weight is 1750 g/mol. The molecule has 0 aromatic carbocycles. The van der Waals surface area contributed by atoms with Crippen LogP contribution in [0.5, 0.6) is 0 Å². The van der Waals surface area contributed by atoms with Gasteiger partial charge < -0.3 is 105 Å². The number of amides is 8. The largest absolute Gasteiger partial charge is 0.425 e. The standard InChI is InChI=1S/C28H35N7O8.C26H31N7O9.C25H29N7O9/c1-20(21-8-2-11-24(36)33(21)41)29-14-5-17-32(18-6-15-30-27(39)22-9-3-12-25(37)34(22)42)19-7-16-31-28(40)23-10-4-13-26(38)35(23)43;34-21-9-1-6-18(31(21)40)24(37)27-12-4-15-30(17-14-29-26(39)20-8-3-11-23(36)33(20)42)16-5-13-28-25(38)19-7-2-10-22(35)32(19)41;33-20-8-1-5-17(30(20)39)23(36)26-11-4-14-29(15-12-27-24(37)18-6-2-9-21(34)31(18)40)16-13-28-25(38)19-7-3-10-22(35)32(19)41/h2-4,8-13,29,41-43H,1,5-7,14-19H2,(H,30,39)(H,31,40);1-3,6-11,40-42H,4-5,12-17H2,(H,27,37)(H,28,38)(H,29,39);1-3,5-10,39-41H,4,11-16H2,(H,26,36)(H,27,37)(H,28,38). The monoisotopic (exact) mass is 1750 g/mol. The van der Waals surface area contributed by atoms with Gasteiger partial charge in [-0.15, -0.1) is 42.6 Å². The molecule has 9 aromatic rings. The molecule has 9 heterocycles. The van der Waals surface area contributed by atoms with Crippen LogP contribution in [-0.2, 0) is 0 Å². The molecule has 0 saturated carbocycles. The van der Waals surface area contributed by atoms with Gasteiger partial charge in [0.25, 0.3) is 97.3 Å². The number of nitrogens with one attached hydrogen (secondary N) is 9. The zero-order valence-corrected chi connectivity index (χ0v) is 67.6. The van der Waals surface area contributed by atoms with Crippen LogP contribution in [0.2, 0.25) is 0 Å². The highest BCUT2D eigenvalue weighted by Gasteiger charge is 2.21. The number of pyridine rings is 9. The van der Waals surface area contributed by atoms with Gasteiger partial charge in [0.1, 0.15) is 51.2 Å². The lowest BCUT2D eigenvalue weighted by Crippen LogP contribution is -2.42. The third-order valence-electron chi connectivity index (χ3n) is 18.4. The fourth-order valence-electron chi connectivity index (χ4n) is 11.8. The van der Waals surface area contributed by atoms with Gasteiger partial charge in [0.2, 0.25) is 0 Å². The van der Waals surface area contributed by atoms with Crippen LogP contribution in [0.15, 0.2) is 214 Å². The molecule has 0 atom stereocenters. The summed E-state index contributed by atoms with van der Waals surface area (Å²) in [5, 5.41) is 112. The molecule has 0 fully saturated rings. The molecule has 0 aliphatic rings. The van der Waals surface area contributed by atoms with Crippen molar-refractivity contribution >= 4 is 53.0 Å². The molecule has 126 heavy (non-hydrogen) atoms. The van der Waals surface area contributed by atoms with Gasteiger partial charge in [-0.2, -0.15) is 0 Å². The summed E-state index contributed by atoms with van der Waals surface area (Å²) in [6.45, 7) is 9.67. The topological polar surface area (TPSA) is 635 Å². The lowest BCUT2D eigenvalue weighted by atomic mass is 10.2. The Morgan fingerprint density at radius 3 is 0.524 bits per heavy atom. The lowest BCUT2D eigenvalue weighted by Gasteiger charge is -2.23. The molecule has 9 rings (SSSR count). The summed E-state index contributed by atoms with van der Waals surface area (Å²) in [4.78, 5) is 209. The second kappa shape index (κ2) is 49.0. The summed E-state index contributed by atoms with van der Waals surface area (Å²) in [6, 6.07) is 34.3. The summed E-state index contributed by atoms with van der Waals surface area (Å²) in [7, 11) is 0. The zero-order valence-electron chi connectivity index (χ0n) is 67.6. The number of carbonyl (C=O) groups excluding carboxylic acids is 8. The van der Waals surface area contributed by atoms with Gasteiger partial charge in [-0.3, -0.25) is 86.4 Å². The zero-order chi connectivity index (χ0) is 91.9. The van der Waals surface area contributed by atoms with Crippen molar-refractivity contribution in [3.63, 3.8) is 0 Å². The summed E-state index contributed by atoms with van der Waals surface area (Å²) >= 11 is 0. The average Bonchev–Trinajstić information content (AvgIpc) is 0.889. The van der Waals surface area contributed by atoms with Crippen molar-refractivity contribution in [1.82, 2.24) is 105 Å². The highest BCUT2D eigenvalue weighted by molar-refractivity contribution is 5.95. The minimum atomic E-state index is -0.766. The van der Waals surface area contributed by atoms with Crippen molar-refractivity contribution in [3.05, 3.63) is 315 Å². The molecular weight excluding hydrogens is 1660 g/mol. The van der Waals surface area contributed by atoms with Crippen LogP contribution in [-0.4, -0.2) is 269 Å². The predicted molar refractivity (Wildman–Crippen MR) is 444 cm³/mol. The van der Waals surface area contributed by atoms with E-state index in [9.17, 15) is 128 Å². The lowest BCUT2D eigenvalue weighted by molar-refractivity contribution is 0.0868. The van der Waals surface area contributed by atoms with Crippen LogP contribution in [0.4, 0.5) is 0 Å². The number of nitrogens with zero attached hydrogens (tertiary/aromatic N) is 12. The predicted octanol–water partition coefficient (Wildman–Crippen LogP) is -3.50. The molecule has 0 aliphatic carbocycles. The fraction of sp³-hybridized carbons (Fsp3) is 0.304. The van der Waals surface area contributed by atoms with Crippen molar-refractivity contribution in [3.8, 4) is 0 Å². The van der Waals surface area contributed by atoms with Crippen molar-refractivity contribution < 1.29 is 85.2 Å². The first-order chi connectivity index (χ1) is 60.3. The number of hydrogen-bond acceptors (Lipinski definition) is 30. The van der Waals surface area contributed by atoms with Gasteiger partial charge in [-0.1, -0.05) is 61.2 Å². The maximum absolute atomic E-state index is 12.4. The van der Waals surface area contributed by atoms with Crippen molar-refractivity contribution in [1.29, 1.82) is 0 Å². The summed E-state index contributed by atoms with van der Waals surface area (Å²) in [5.41, 5.74) is -7.66. The van der Waals surface area contributed by atoms with E-state index in [2.05, 4.69) is 59.3 Å². The number of rotatable bonds is 43. The Hall–Kier alpha value is -16.1. The molecule has 0 saturated heterocycles. The summed E-state index contributed by atoms with van der Waals surface area (Å²) in [5.74, 6) is -5.16. The van der Waals surface area contributed by atoms with E-state index in [0.29, 0.717) is 101 Å². The Morgan fingerprint density at radius 1 is 0.206 bits per heavy atom. The van der Waals surface area contributed by atoms with Gasteiger partial charge in [0.15, 0.2) is 0 Å². The Balaban J connectivity index is 0.000000259. The number of hydrogen-bond donors (Lipinski definition) is 18. The maximum atomic E-state index is 12.4. The van der Waals surface area contributed by atoms with E-state index in [-0.39, 0.29) is 155 Å². The van der Waals surface area contributed by atoms with E-state index < -0.39 is 97.3 Å². The van der Waals surface area contributed by atoms with Crippen LogP contribution in [0.3, 0.4) is 0 Å². The molecule has 0 radical (unpaired) electrons. The first-order valence-corrected chi connectivity index (χ1v) is 38.9. The van der Waals surface area contributed by atoms with E-state index in [4.69, 9.17) is 0 Å². The van der Waals surface area contributed by atoms with Crippen LogP contribution in [0, 0.1) is 0 Å². The van der Waals surface area contributed by atoms with E-state index in [1.807, 2.05) is 9.80 Å². The van der Waals surface area contributed by atoms with Crippen LogP contribution in [0.1, 0.15) is 128 Å². The number of aromatic nitrogens is 9. The smallest absolute Gasteiger partial charge is 0.283 e. The second-order valence-electron chi connectivity index (χ2n) is 27.1. The summed E-state index contributed by atoms with van der Waals surface area (Å²) in [6.07, 6.45) is 3.04. The molecule has 8 amide bonds. The van der Waals surface area contributed by atoms with E-state index in [1.165, 1.54) is 109 Å². The van der Waals surface area contributed by atoms with Gasteiger partial charge in [-0.05, 0) is 132 Å². The fourth-order valence-corrected chi connectivity index (χ4v) is 11.8. The Labute approximate surface area is 711 Å². The SMILES string of the molecule is C=C(NCCCN(CCCNC(=O)c1cccc(=O)n1O)CCCNC(=O)c1cccc(=O)n1O)c1cccc(=O)n1O.O=C(NCCCN(CCCNC(=O)c1cccc(=O)n1O)CCNC(=O)c1cccc(=O)n1O)c1cccc(=O)n1O.O=C(NCCCN(CCNC(=O)c1cccc(=O)n1O)CCNC(=O)c1cccc(=O)n1O)c1cccc(=O)n1O. The van der Waals surface area contributed by atoms with Gasteiger partial charge in [0, 0.05) is 133 Å².